The summed E-state index contributed by atoms with van der Waals surface area (Å²) >= 11 is 0. The fourth-order valence-corrected chi connectivity index (χ4v) is 6.23. The monoisotopic (exact) mass is 286 g/mol. The van der Waals surface area contributed by atoms with Crippen molar-refractivity contribution < 1.29 is 0 Å². The highest BCUT2D eigenvalue weighted by Gasteiger charge is 2.48. The fourth-order valence-electron chi connectivity index (χ4n) is 6.23. The van der Waals surface area contributed by atoms with E-state index in [2.05, 4.69) is 19.6 Å². The van der Waals surface area contributed by atoms with E-state index in [-0.39, 0.29) is 0 Å². The van der Waals surface area contributed by atoms with E-state index in [4.69, 9.17) is 0 Å². The zero-order chi connectivity index (χ0) is 15.0. The summed E-state index contributed by atoms with van der Waals surface area (Å²) in [6, 6.07) is 0. The predicted octanol–water partition coefficient (Wildman–Crippen LogP) is 6.39. The Morgan fingerprint density at radius 2 is 1.48 bits per heavy atom. The van der Waals surface area contributed by atoms with Crippen LogP contribution >= 0.6 is 0 Å². The summed E-state index contributed by atoms with van der Waals surface area (Å²) < 4.78 is 0. The predicted molar refractivity (Wildman–Crippen MR) is 92.1 cm³/mol. The zero-order valence-corrected chi connectivity index (χ0v) is 14.4. The smallest absolute Gasteiger partial charge is 0.0166 e. The molecule has 0 aliphatic heterocycles. The van der Waals surface area contributed by atoms with Crippen LogP contribution in [0.2, 0.25) is 0 Å². The Hall–Kier alpha value is -0.520. The van der Waals surface area contributed by atoms with Gasteiger partial charge in [-0.25, -0.2) is 0 Å². The number of fused-ring (bicyclic) bond motifs is 5. The van der Waals surface area contributed by atoms with Crippen LogP contribution in [0.1, 0.15) is 72.1 Å². The molecule has 4 rings (SSSR count). The number of hydrogen-bond donors (Lipinski definition) is 0. The van der Waals surface area contributed by atoms with Gasteiger partial charge < -0.3 is 0 Å². The molecule has 0 heteroatoms. The molecule has 3 saturated carbocycles. The second kappa shape index (κ2) is 6.31. The summed E-state index contributed by atoms with van der Waals surface area (Å²) in [5, 5.41) is 0. The topological polar surface area (TPSA) is 0 Å². The van der Waals surface area contributed by atoms with Gasteiger partial charge in [-0.15, -0.1) is 0 Å². The van der Waals surface area contributed by atoms with Crippen molar-refractivity contribution in [3.05, 3.63) is 23.8 Å². The SMILES string of the molecule is C=C1C=C2CCC3C(CCC4C(C)CCC43)C2CC1.CC. The van der Waals surface area contributed by atoms with Crippen LogP contribution < -0.4 is 0 Å². The van der Waals surface area contributed by atoms with E-state index in [9.17, 15) is 0 Å². The quantitative estimate of drug-likeness (QED) is 0.484. The van der Waals surface area contributed by atoms with E-state index in [1.165, 1.54) is 50.5 Å². The molecule has 4 aliphatic rings. The third kappa shape index (κ3) is 2.64. The highest BCUT2D eigenvalue weighted by atomic mass is 14.5. The van der Waals surface area contributed by atoms with E-state index in [1.54, 1.807) is 12.0 Å². The van der Waals surface area contributed by atoms with Gasteiger partial charge in [0.25, 0.3) is 0 Å². The summed E-state index contributed by atoms with van der Waals surface area (Å²) in [4.78, 5) is 0. The number of allylic oxidation sites excluding steroid dienone is 3. The Balaban J connectivity index is 0.000000636. The Bertz CT molecular complexity index is 416. The van der Waals surface area contributed by atoms with Gasteiger partial charge in [0.05, 0.1) is 0 Å². The Morgan fingerprint density at radius 3 is 2.29 bits per heavy atom. The molecule has 0 N–H and O–H groups in total. The first-order valence-electron chi connectivity index (χ1n) is 9.62. The molecule has 0 aromatic heterocycles. The molecule has 0 heterocycles. The fraction of sp³-hybridized carbons (Fsp3) is 0.810. The summed E-state index contributed by atoms with van der Waals surface area (Å²) in [6.45, 7) is 10.7. The number of hydrogen-bond acceptors (Lipinski definition) is 0. The van der Waals surface area contributed by atoms with Gasteiger partial charge in [0.1, 0.15) is 0 Å². The molecule has 0 nitrogen and oxygen atoms in total. The summed E-state index contributed by atoms with van der Waals surface area (Å²) in [6.07, 6.45) is 14.2. The first-order chi connectivity index (χ1) is 10.2. The molecular weight excluding hydrogens is 252 g/mol. The van der Waals surface area contributed by atoms with E-state index >= 15 is 0 Å². The maximum absolute atomic E-state index is 4.20. The maximum atomic E-state index is 4.20. The van der Waals surface area contributed by atoms with Crippen LogP contribution in [0, 0.1) is 35.5 Å². The standard InChI is InChI=1S/C19H28.C2H6/c1-12-3-6-16-14(11-12)5-8-19-17-7-4-13(2)15(17)9-10-18(16)19;1-2/h11,13,15-19H,1,3-10H2,2H3;1-2H3. The molecule has 21 heavy (non-hydrogen) atoms. The molecule has 0 saturated heterocycles. The molecule has 0 spiro atoms. The summed E-state index contributed by atoms with van der Waals surface area (Å²) in [7, 11) is 0. The van der Waals surface area contributed by atoms with Gasteiger partial charge in [0.15, 0.2) is 0 Å². The van der Waals surface area contributed by atoms with Crippen molar-refractivity contribution in [2.24, 2.45) is 35.5 Å². The van der Waals surface area contributed by atoms with Gasteiger partial charge in [0.2, 0.25) is 0 Å². The molecule has 0 aromatic rings. The van der Waals surface area contributed by atoms with Crippen LogP contribution in [0.15, 0.2) is 23.8 Å². The second-order valence-electron chi connectivity index (χ2n) is 7.85. The maximum Gasteiger partial charge on any atom is -0.0166 e. The van der Waals surface area contributed by atoms with Gasteiger partial charge in [0, 0.05) is 0 Å². The molecule has 0 radical (unpaired) electrons. The van der Waals surface area contributed by atoms with E-state index < -0.39 is 0 Å². The lowest BCUT2D eigenvalue weighted by atomic mass is 9.55. The van der Waals surface area contributed by atoms with Crippen LogP contribution in [0.4, 0.5) is 0 Å². The van der Waals surface area contributed by atoms with Crippen LogP contribution in [0.3, 0.4) is 0 Å². The first-order valence-corrected chi connectivity index (χ1v) is 9.62. The molecule has 6 unspecified atom stereocenters. The van der Waals surface area contributed by atoms with E-state index in [0.29, 0.717) is 0 Å². The minimum Gasteiger partial charge on any atom is -0.0958 e. The van der Waals surface area contributed by atoms with Crippen molar-refractivity contribution in [1.82, 2.24) is 0 Å². The average molecular weight is 287 g/mol. The third-order valence-corrected chi connectivity index (χ3v) is 7.09. The minimum atomic E-state index is 0.945. The highest BCUT2D eigenvalue weighted by molar-refractivity contribution is 5.29. The van der Waals surface area contributed by atoms with Gasteiger partial charge in [-0.3, -0.25) is 0 Å². The molecule has 4 aliphatic carbocycles. The third-order valence-electron chi connectivity index (χ3n) is 7.09. The lowest BCUT2D eigenvalue weighted by Gasteiger charge is -2.50. The minimum absolute atomic E-state index is 0.945. The van der Waals surface area contributed by atoms with Crippen molar-refractivity contribution >= 4 is 0 Å². The lowest BCUT2D eigenvalue weighted by molar-refractivity contribution is 0.0410. The largest absolute Gasteiger partial charge is 0.0958 e. The Labute approximate surface area is 132 Å². The van der Waals surface area contributed by atoms with Gasteiger partial charge in [-0.1, -0.05) is 51.0 Å². The molecule has 0 amide bonds. The Morgan fingerprint density at radius 1 is 0.810 bits per heavy atom. The normalized spacial score (nSPS) is 44.7. The highest BCUT2D eigenvalue weighted by Crippen LogP contribution is 2.58. The van der Waals surface area contributed by atoms with Crippen LogP contribution in [0.5, 0.6) is 0 Å². The molecular formula is C21H34. The molecule has 3 fully saturated rings. The van der Waals surface area contributed by atoms with Gasteiger partial charge >= 0.3 is 0 Å². The number of rotatable bonds is 0. The van der Waals surface area contributed by atoms with Crippen molar-refractivity contribution in [3.8, 4) is 0 Å². The van der Waals surface area contributed by atoms with Crippen molar-refractivity contribution in [2.45, 2.75) is 72.1 Å². The molecule has 0 bridgehead atoms. The molecule has 118 valence electrons. The van der Waals surface area contributed by atoms with Crippen LogP contribution in [-0.4, -0.2) is 0 Å². The first kappa shape index (κ1) is 15.4. The van der Waals surface area contributed by atoms with E-state index in [1.807, 2.05) is 13.8 Å². The van der Waals surface area contributed by atoms with Crippen molar-refractivity contribution in [3.63, 3.8) is 0 Å². The average Bonchev–Trinajstić information content (AvgIpc) is 2.90. The molecule has 0 aromatic carbocycles. The second-order valence-corrected chi connectivity index (χ2v) is 7.85. The lowest BCUT2D eigenvalue weighted by Crippen LogP contribution is -2.41. The van der Waals surface area contributed by atoms with Crippen molar-refractivity contribution in [1.29, 1.82) is 0 Å². The van der Waals surface area contributed by atoms with Gasteiger partial charge in [-0.05, 0) is 80.5 Å². The van der Waals surface area contributed by atoms with Crippen molar-refractivity contribution in [2.75, 3.05) is 0 Å². The van der Waals surface area contributed by atoms with E-state index in [0.717, 1.165) is 35.5 Å². The van der Waals surface area contributed by atoms with Gasteiger partial charge in [-0.2, -0.15) is 0 Å². The Kier molecular flexibility index (Phi) is 4.62. The van der Waals surface area contributed by atoms with Crippen LogP contribution in [-0.2, 0) is 0 Å². The summed E-state index contributed by atoms with van der Waals surface area (Å²) in [5.74, 6) is 6.28. The zero-order valence-electron chi connectivity index (χ0n) is 14.4. The molecule has 6 atom stereocenters. The summed E-state index contributed by atoms with van der Waals surface area (Å²) in [5.41, 5.74) is 3.18. The van der Waals surface area contributed by atoms with Crippen LogP contribution in [0.25, 0.3) is 0 Å².